The van der Waals surface area contributed by atoms with Crippen LogP contribution < -0.4 is 10.5 Å². The molecule has 0 unspecified atom stereocenters. The predicted octanol–water partition coefficient (Wildman–Crippen LogP) is 1.79. The monoisotopic (exact) mass is 298 g/mol. The fourth-order valence-electron chi connectivity index (χ4n) is 1.93. The van der Waals surface area contributed by atoms with E-state index in [1.54, 1.807) is 19.1 Å². The standard InChI is InChI=1S/C14H22N2O3S/c1-4-20(17,18)7-5-6-19-13-10(2)8-12(14(15)16)9-11(13)3/h8-9H,4-7H2,1-3H3,(H3,15,16). The molecule has 0 aliphatic rings. The quantitative estimate of drug-likeness (QED) is 0.456. The van der Waals surface area contributed by atoms with E-state index in [9.17, 15) is 8.42 Å². The minimum absolute atomic E-state index is 0.0248. The van der Waals surface area contributed by atoms with Crippen molar-refractivity contribution < 1.29 is 13.2 Å². The van der Waals surface area contributed by atoms with Crippen LogP contribution in [0.25, 0.3) is 0 Å². The van der Waals surface area contributed by atoms with E-state index < -0.39 is 9.84 Å². The minimum atomic E-state index is -2.94. The SMILES string of the molecule is CCS(=O)(=O)CCCOc1c(C)cc(C(=N)N)cc1C. The summed E-state index contributed by atoms with van der Waals surface area (Å²) in [5.74, 6) is 1.08. The Kier molecular flexibility index (Phi) is 5.56. The molecular weight excluding hydrogens is 276 g/mol. The van der Waals surface area contributed by atoms with Crippen LogP contribution in [0.3, 0.4) is 0 Å². The summed E-state index contributed by atoms with van der Waals surface area (Å²) < 4.78 is 28.4. The van der Waals surface area contributed by atoms with Gasteiger partial charge >= 0.3 is 0 Å². The maximum Gasteiger partial charge on any atom is 0.150 e. The van der Waals surface area contributed by atoms with E-state index >= 15 is 0 Å². The zero-order valence-electron chi connectivity index (χ0n) is 12.2. The first-order valence-electron chi connectivity index (χ1n) is 6.55. The Morgan fingerprint density at radius 2 is 1.85 bits per heavy atom. The lowest BCUT2D eigenvalue weighted by Crippen LogP contribution is -2.14. The molecule has 0 amide bonds. The van der Waals surface area contributed by atoms with Crippen molar-refractivity contribution in [2.24, 2.45) is 5.73 Å². The second-order valence-corrected chi connectivity index (χ2v) is 7.26. The molecule has 0 saturated carbocycles. The van der Waals surface area contributed by atoms with Gasteiger partial charge in [-0.05, 0) is 43.5 Å². The molecule has 0 bridgehead atoms. The van der Waals surface area contributed by atoms with Gasteiger partial charge < -0.3 is 10.5 Å². The van der Waals surface area contributed by atoms with Crippen LogP contribution in [0.15, 0.2) is 12.1 Å². The molecule has 1 aromatic rings. The second kappa shape index (κ2) is 6.74. The van der Waals surface area contributed by atoms with Crippen LogP contribution in [-0.2, 0) is 9.84 Å². The summed E-state index contributed by atoms with van der Waals surface area (Å²) in [7, 11) is -2.94. The van der Waals surface area contributed by atoms with Gasteiger partial charge in [0, 0.05) is 11.3 Å². The molecule has 20 heavy (non-hydrogen) atoms. The Hall–Kier alpha value is -1.56. The number of benzene rings is 1. The van der Waals surface area contributed by atoms with E-state index in [2.05, 4.69) is 0 Å². The van der Waals surface area contributed by atoms with Gasteiger partial charge in [0.15, 0.2) is 0 Å². The van der Waals surface area contributed by atoms with Crippen molar-refractivity contribution in [3.63, 3.8) is 0 Å². The summed E-state index contributed by atoms with van der Waals surface area (Å²) in [5, 5.41) is 7.43. The number of hydrogen-bond acceptors (Lipinski definition) is 4. The molecule has 6 heteroatoms. The van der Waals surface area contributed by atoms with Crippen LogP contribution in [0.4, 0.5) is 0 Å². The molecule has 3 N–H and O–H groups in total. The lowest BCUT2D eigenvalue weighted by Gasteiger charge is -2.13. The van der Waals surface area contributed by atoms with Crippen LogP contribution in [0.2, 0.25) is 0 Å². The van der Waals surface area contributed by atoms with Crippen molar-refractivity contribution in [2.45, 2.75) is 27.2 Å². The minimum Gasteiger partial charge on any atom is -0.493 e. The average Bonchev–Trinajstić information content (AvgIpc) is 2.36. The number of hydrogen-bond donors (Lipinski definition) is 2. The van der Waals surface area contributed by atoms with Crippen LogP contribution in [0, 0.1) is 19.3 Å². The van der Waals surface area contributed by atoms with Gasteiger partial charge in [0.2, 0.25) is 0 Å². The molecule has 1 rings (SSSR count). The van der Waals surface area contributed by atoms with E-state index in [0.717, 1.165) is 16.9 Å². The lowest BCUT2D eigenvalue weighted by molar-refractivity contribution is 0.313. The summed E-state index contributed by atoms with van der Waals surface area (Å²) in [6.45, 7) is 5.78. The Morgan fingerprint density at radius 3 is 2.30 bits per heavy atom. The smallest absolute Gasteiger partial charge is 0.150 e. The average molecular weight is 298 g/mol. The van der Waals surface area contributed by atoms with E-state index in [4.69, 9.17) is 15.9 Å². The first-order valence-corrected chi connectivity index (χ1v) is 8.38. The number of rotatable bonds is 7. The summed E-state index contributed by atoms with van der Waals surface area (Å²) in [6, 6.07) is 3.60. The molecule has 0 fully saturated rings. The predicted molar refractivity (Wildman–Crippen MR) is 81.4 cm³/mol. The van der Waals surface area contributed by atoms with Gasteiger partial charge in [0.1, 0.15) is 21.4 Å². The van der Waals surface area contributed by atoms with Gasteiger partial charge in [-0.1, -0.05) is 6.92 Å². The Balaban J connectivity index is 2.68. The first kappa shape index (κ1) is 16.5. The molecule has 0 atom stereocenters. The van der Waals surface area contributed by atoms with E-state index in [1.807, 2.05) is 13.8 Å². The maximum atomic E-state index is 11.4. The molecule has 0 aliphatic carbocycles. The van der Waals surface area contributed by atoms with Crippen LogP contribution in [-0.4, -0.2) is 32.4 Å². The van der Waals surface area contributed by atoms with Crippen molar-refractivity contribution in [3.05, 3.63) is 28.8 Å². The summed E-state index contributed by atoms with van der Waals surface area (Å²) in [6.07, 6.45) is 0.476. The molecule has 0 saturated heterocycles. The summed E-state index contributed by atoms with van der Waals surface area (Å²) in [4.78, 5) is 0. The molecule has 0 heterocycles. The van der Waals surface area contributed by atoms with E-state index in [0.29, 0.717) is 18.6 Å². The van der Waals surface area contributed by atoms with Crippen LogP contribution in [0.1, 0.15) is 30.0 Å². The third-order valence-electron chi connectivity index (χ3n) is 3.06. The normalized spacial score (nSPS) is 11.3. The highest BCUT2D eigenvalue weighted by Gasteiger charge is 2.10. The Morgan fingerprint density at radius 1 is 1.30 bits per heavy atom. The Labute approximate surface area is 120 Å². The maximum absolute atomic E-state index is 11.4. The fraction of sp³-hybridized carbons (Fsp3) is 0.500. The highest BCUT2D eigenvalue weighted by Crippen LogP contribution is 2.24. The number of nitrogens with one attached hydrogen (secondary N) is 1. The van der Waals surface area contributed by atoms with Crippen molar-refractivity contribution in [1.82, 2.24) is 0 Å². The number of nitrogen functional groups attached to an aromatic ring is 1. The topological polar surface area (TPSA) is 93.2 Å². The molecule has 5 nitrogen and oxygen atoms in total. The molecule has 0 aromatic heterocycles. The second-order valence-electron chi connectivity index (χ2n) is 4.79. The number of ether oxygens (including phenoxy) is 1. The van der Waals surface area contributed by atoms with Crippen molar-refractivity contribution >= 4 is 15.7 Å². The van der Waals surface area contributed by atoms with Crippen molar-refractivity contribution in [2.75, 3.05) is 18.1 Å². The summed E-state index contributed by atoms with van der Waals surface area (Å²) >= 11 is 0. The van der Waals surface area contributed by atoms with Crippen LogP contribution in [0.5, 0.6) is 5.75 Å². The van der Waals surface area contributed by atoms with Gasteiger partial charge in [-0.3, -0.25) is 5.41 Å². The summed E-state index contributed by atoms with van der Waals surface area (Å²) in [5.41, 5.74) is 7.92. The fourth-order valence-corrected chi connectivity index (χ4v) is 2.78. The molecular formula is C14H22N2O3S. The molecule has 0 spiro atoms. The lowest BCUT2D eigenvalue weighted by atomic mass is 10.1. The third kappa shape index (κ3) is 4.52. The van der Waals surface area contributed by atoms with E-state index in [-0.39, 0.29) is 17.3 Å². The molecule has 112 valence electrons. The number of nitrogens with two attached hydrogens (primary N) is 1. The molecule has 1 aromatic carbocycles. The molecule has 0 radical (unpaired) electrons. The van der Waals surface area contributed by atoms with Crippen LogP contribution >= 0.6 is 0 Å². The highest BCUT2D eigenvalue weighted by molar-refractivity contribution is 7.91. The van der Waals surface area contributed by atoms with E-state index in [1.165, 1.54) is 0 Å². The zero-order valence-corrected chi connectivity index (χ0v) is 13.0. The van der Waals surface area contributed by atoms with Gasteiger partial charge in [0.25, 0.3) is 0 Å². The number of amidine groups is 1. The zero-order chi connectivity index (χ0) is 15.3. The molecule has 0 aliphatic heterocycles. The van der Waals surface area contributed by atoms with Crippen molar-refractivity contribution in [3.8, 4) is 5.75 Å². The number of aryl methyl sites for hydroxylation is 2. The Bertz CT molecular complexity index is 571. The largest absolute Gasteiger partial charge is 0.493 e. The number of sulfone groups is 1. The third-order valence-corrected chi connectivity index (χ3v) is 4.85. The van der Waals surface area contributed by atoms with Gasteiger partial charge in [-0.2, -0.15) is 0 Å². The van der Waals surface area contributed by atoms with Gasteiger partial charge in [0.05, 0.1) is 12.4 Å². The first-order chi connectivity index (χ1) is 9.26. The van der Waals surface area contributed by atoms with Gasteiger partial charge in [-0.15, -0.1) is 0 Å². The van der Waals surface area contributed by atoms with Gasteiger partial charge in [-0.25, -0.2) is 8.42 Å². The highest BCUT2D eigenvalue weighted by atomic mass is 32.2. The van der Waals surface area contributed by atoms with Crippen molar-refractivity contribution in [1.29, 1.82) is 5.41 Å².